The van der Waals surface area contributed by atoms with Crippen molar-refractivity contribution in [2.45, 2.75) is 19.3 Å². The van der Waals surface area contributed by atoms with Gasteiger partial charge in [0.25, 0.3) is 5.91 Å². The Kier molecular flexibility index (Phi) is 5.20. The van der Waals surface area contributed by atoms with Gasteiger partial charge >= 0.3 is 0 Å². The Balaban J connectivity index is 1.82. The van der Waals surface area contributed by atoms with Gasteiger partial charge in [0.2, 0.25) is 0 Å². The molecular formula is C18H21ClN4O2. The van der Waals surface area contributed by atoms with Crippen molar-refractivity contribution in [3.8, 4) is 0 Å². The summed E-state index contributed by atoms with van der Waals surface area (Å²) in [5, 5.41) is 10.8. The molecule has 3 rings (SSSR count). The molecule has 0 radical (unpaired) electrons. The number of hydrogen-bond acceptors (Lipinski definition) is 5. The smallest absolute Gasteiger partial charge is 0.268 e. The lowest BCUT2D eigenvalue weighted by Crippen LogP contribution is -2.47. The number of primary amides is 1. The summed E-state index contributed by atoms with van der Waals surface area (Å²) >= 11 is 6.09. The number of aliphatic hydroxyl groups is 1. The van der Waals surface area contributed by atoms with Gasteiger partial charge in [0.15, 0.2) is 0 Å². The van der Waals surface area contributed by atoms with Crippen LogP contribution in [0, 0.1) is 5.41 Å². The third-order valence-corrected chi connectivity index (χ3v) is 4.90. The molecule has 7 heteroatoms. The molecule has 0 spiro atoms. The van der Waals surface area contributed by atoms with Crippen LogP contribution in [0.25, 0.3) is 0 Å². The number of anilines is 1. The van der Waals surface area contributed by atoms with Gasteiger partial charge < -0.3 is 15.7 Å². The van der Waals surface area contributed by atoms with E-state index in [0.29, 0.717) is 17.4 Å². The number of carbonyl (C=O) groups excluding carboxylic acids is 1. The summed E-state index contributed by atoms with van der Waals surface area (Å²) < 4.78 is 0. The Bertz CT molecular complexity index is 770. The Morgan fingerprint density at radius 3 is 2.96 bits per heavy atom. The second kappa shape index (κ2) is 7.37. The lowest BCUT2D eigenvalue weighted by Gasteiger charge is -2.42. The molecule has 2 heterocycles. The normalized spacial score (nSPS) is 20.5. The van der Waals surface area contributed by atoms with E-state index in [1.807, 2.05) is 24.3 Å². The Morgan fingerprint density at radius 1 is 1.40 bits per heavy atom. The predicted molar refractivity (Wildman–Crippen MR) is 96.7 cm³/mol. The Morgan fingerprint density at radius 2 is 2.24 bits per heavy atom. The minimum absolute atomic E-state index is 0.0684. The van der Waals surface area contributed by atoms with E-state index >= 15 is 0 Å². The van der Waals surface area contributed by atoms with E-state index in [1.165, 1.54) is 6.20 Å². The zero-order chi connectivity index (χ0) is 17.9. The van der Waals surface area contributed by atoms with E-state index in [1.54, 1.807) is 6.20 Å². The largest absolute Gasteiger partial charge is 0.396 e. The van der Waals surface area contributed by atoms with Crippen LogP contribution >= 0.6 is 11.6 Å². The predicted octanol–water partition coefficient (Wildman–Crippen LogP) is 2.05. The number of aliphatic hydroxyl groups excluding tert-OH is 1. The molecule has 1 amide bonds. The van der Waals surface area contributed by atoms with Gasteiger partial charge in [0.05, 0.1) is 19.0 Å². The number of carbonyl (C=O) groups is 1. The van der Waals surface area contributed by atoms with Gasteiger partial charge in [-0.25, -0.2) is 4.98 Å². The van der Waals surface area contributed by atoms with Crippen LogP contribution in [0.3, 0.4) is 0 Å². The Labute approximate surface area is 151 Å². The van der Waals surface area contributed by atoms with Crippen molar-refractivity contribution < 1.29 is 9.90 Å². The van der Waals surface area contributed by atoms with Gasteiger partial charge in [0.1, 0.15) is 11.5 Å². The van der Waals surface area contributed by atoms with Crippen molar-refractivity contribution in [1.29, 1.82) is 0 Å². The molecule has 1 saturated heterocycles. The monoisotopic (exact) mass is 360 g/mol. The molecule has 6 nitrogen and oxygen atoms in total. The van der Waals surface area contributed by atoms with Crippen LogP contribution in [0.1, 0.15) is 28.9 Å². The van der Waals surface area contributed by atoms with Gasteiger partial charge in [-0.05, 0) is 37.0 Å². The highest BCUT2D eigenvalue weighted by molar-refractivity contribution is 6.30. The minimum Gasteiger partial charge on any atom is -0.396 e. The first-order valence-corrected chi connectivity index (χ1v) is 8.61. The van der Waals surface area contributed by atoms with Gasteiger partial charge in [-0.2, -0.15) is 0 Å². The molecule has 1 unspecified atom stereocenters. The third kappa shape index (κ3) is 4.08. The summed E-state index contributed by atoms with van der Waals surface area (Å²) in [7, 11) is 0. The lowest BCUT2D eigenvalue weighted by atomic mass is 9.76. The topological polar surface area (TPSA) is 92.3 Å². The zero-order valence-corrected chi connectivity index (χ0v) is 14.6. The molecule has 0 aliphatic carbocycles. The summed E-state index contributed by atoms with van der Waals surface area (Å²) in [6.45, 7) is 1.50. The number of nitrogens with zero attached hydrogens (tertiary/aromatic N) is 3. The number of piperidine rings is 1. The van der Waals surface area contributed by atoms with E-state index in [4.69, 9.17) is 17.3 Å². The van der Waals surface area contributed by atoms with Crippen molar-refractivity contribution in [3.63, 3.8) is 0 Å². The lowest BCUT2D eigenvalue weighted by molar-refractivity contribution is 0.0993. The maximum atomic E-state index is 11.3. The maximum Gasteiger partial charge on any atom is 0.268 e. The van der Waals surface area contributed by atoms with Gasteiger partial charge in [-0.3, -0.25) is 9.78 Å². The van der Waals surface area contributed by atoms with Crippen LogP contribution in [0.5, 0.6) is 0 Å². The molecule has 0 saturated carbocycles. The van der Waals surface area contributed by atoms with Gasteiger partial charge in [0, 0.05) is 23.5 Å². The first kappa shape index (κ1) is 17.6. The number of nitrogens with two attached hydrogens (primary N) is 1. The summed E-state index contributed by atoms with van der Waals surface area (Å²) in [5.41, 5.74) is 6.25. The summed E-state index contributed by atoms with van der Waals surface area (Å²) in [4.78, 5) is 21.8. The van der Waals surface area contributed by atoms with E-state index in [2.05, 4.69) is 14.9 Å². The molecule has 25 heavy (non-hydrogen) atoms. The highest BCUT2D eigenvalue weighted by atomic mass is 35.5. The van der Waals surface area contributed by atoms with Crippen molar-refractivity contribution in [2.24, 2.45) is 11.1 Å². The minimum atomic E-state index is -0.598. The molecule has 2 aromatic rings. The molecule has 1 aliphatic heterocycles. The SMILES string of the molecule is NC(=O)c1cncc(N2CCCC(CO)(Cc3cccc(Cl)c3)C2)n1. The van der Waals surface area contributed by atoms with Crippen LogP contribution in [0.2, 0.25) is 5.02 Å². The van der Waals surface area contributed by atoms with E-state index in [0.717, 1.165) is 31.4 Å². The van der Waals surface area contributed by atoms with Crippen LogP contribution in [0.15, 0.2) is 36.7 Å². The van der Waals surface area contributed by atoms with Crippen LogP contribution in [-0.2, 0) is 6.42 Å². The quantitative estimate of drug-likeness (QED) is 0.851. The fraction of sp³-hybridized carbons (Fsp3) is 0.389. The molecule has 132 valence electrons. The van der Waals surface area contributed by atoms with Crippen molar-refractivity contribution >= 4 is 23.3 Å². The first-order chi connectivity index (χ1) is 12.0. The number of hydrogen-bond donors (Lipinski definition) is 2. The van der Waals surface area contributed by atoms with E-state index < -0.39 is 5.91 Å². The molecular weight excluding hydrogens is 340 g/mol. The van der Waals surface area contributed by atoms with E-state index in [-0.39, 0.29) is 17.7 Å². The Hall–Kier alpha value is -2.18. The number of halogens is 1. The van der Waals surface area contributed by atoms with E-state index in [9.17, 15) is 9.90 Å². The molecule has 1 aliphatic rings. The van der Waals surface area contributed by atoms with Crippen molar-refractivity contribution in [3.05, 3.63) is 52.9 Å². The van der Waals surface area contributed by atoms with Gasteiger partial charge in [-0.1, -0.05) is 23.7 Å². The molecule has 1 aromatic carbocycles. The van der Waals surface area contributed by atoms with Crippen LogP contribution in [-0.4, -0.2) is 40.7 Å². The van der Waals surface area contributed by atoms with Gasteiger partial charge in [-0.15, -0.1) is 0 Å². The van der Waals surface area contributed by atoms with Crippen LogP contribution < -0.4 is 10.6 Å². The first-order valence-electron chi connectivity index (χ1n) is 8.23. The number of benzene rings is 1. The fourth-order valence-corrected chi connectivity index (χ4v) is 3.65. The molecule has 1 fully saturated rings. The van der Waals surface area contributed by atoms with Crippen molar-refractivity contribution in [1.82, 2.24) is 9.97 Å². The summed E-state index contributed by atoms with van der Waals surface area (Å²) in [6.07, 6.45) is 5.54. The fourth-order valence-electron chi connectivity index (χ4n) is 3.44. The molecule has 0 bridgehead atoms. The number of rotatable bonds is 5. The molecule has 1 aromatic heterocycles. The second-order valence-corrected chi connectivity index (χ2v) is 7.05. The average molecular weight is 361 g/mol. The number of amides is 1. The number of aromatic nitrogens is 2. The maximum absolute atomic E-state index is 11.3. The summed E-state index contributed by atoms with van der Waals surface area (Å²) in [5.74, 6) is 0.0126. The molecule has 3 N–H and O–H groups in total. The van der Waals surface area contributed by atoms with Crippen LogP contribution in [0.4, 0.5) is 5.82 Å². The highest BCUT2D eigenvalue weighted by Gasteiger charge is 2.36. The second-order valence-electron chi connectivity index (χ2n) is 6.62. The average Bonchev–Trinajstić information content (AvgIpc) is 2.62. The standard InChI is InChI=1S/C18H21ClN4O2/c19-14-4-1-3-13(7-14)8-18(12-24)5-2-6-23(11-18)16-10-21-9-15(22-16)17(20)25/h1,3-4,7,9-10,24H,2,5-6,8,11-12H2,(H2,20,25). The third-order valence-electron chi connectivity index (χ3n) is 4.66. The van der Waals surface area contributed by atoms with Crippen molar-refractivity contribution in [2.75, 3.05) is 24.6 Å². The zero-order valence-electron chi connectivity index (χ0n) is 13.9. The summed E-state index contributed by atoms with van der Waals surface area (Å²) in [6, 6.07) is 7.72. The molecule has 1 atom stereocenters. The highest BCUT2D eigenvalue weighted by Crippen LogP contribution is 2.35.